The molecule has 0 bridgehead atoms. The molecule has 1 aromatic heterocycles. The number of nitro benzene ring substituents is 1. The molecule has 0 amide bonds. The van der Waals surface area contributed by atoms with Crippen molar-refractivity contribution in [2.24, 2.45) is 0 Å². The lowest BCUT2D eigenvalue weighted by Crippen LogP contribution is -2.13. The van der Waals surface area contributed by atoms with Crippen molar-refractivity contribution >= 4 is 11.5 Å². The van der Waals surface area contributed by atoms with Gasteiger partial charge in [0.1, 0.15) is 5.82 Å². The summed E-state index contributed by atoms with van der Waals surface area (Å²) < 4.78 is 20.5. The lowest BCUT2D eigenvalue weighted by atomic mass is 10.1. The van der Waals surface area contributed by atoms with Crippen molar-refractivity contribution in [2.75, 3.05) is 6.61 Å². The Morgan fingerprint density at radius 2 is 2.04 bits per heavy atom. The van der Waals surface area contributed by atoms with Gasteiger partial charge in [-0.25, -0.2) is 4.39 Å². The number of hydrogen-bond donors (Lipinski definition) is 0. The van der Waals surface area contributed by atoms with Gasteiger partial charge in [0, 0.05) is 35.6 Å². The van der Waals surface area contributed by atoms with Gasteiger partial charge in [-0.2, -0.15) is 0 Å². The van der Waals surface area contributed by atoms with Crippen molar-refractivity contribution in [1.29, 1.82) is 0 Å². The molecule has 0 aliphatic carbocycles. The average molecular weight is 334 g/mol. The predicted octanol–water partition coefficient (Wildman–Crippen LogP) is 3.82. The summed E-state index contributed by atoms with van der Waals surface area (Å²) >= 11 is 0. The van der Waals surface area contributed by atoms with Gasteiger partial charge in [0.25, 0.3) is 0 Å². The van der Waals surface area contributed by atoms with Crippen LogP contribution >= 0.6 is 0 Å². The third-order valence-corrected chi connectivity index (χ3v) is 3.80. The summed E-state index contributed by atoms with van der Waals surface area (Å²) in [5.41, 5.74) is 1.94. The van der Waals surface area contributed by atoms with Crippen LogP contribution in [0.25, 0.3) is 0 Å². The molecule has 2 aromatic rings. The average Bonchev–Trinajstić information content (AvgIpc) is 2.81. The number of rotatable bonds is 7. The molecule has 1 heterocycles. The van der Waals surface area contributed by atoms with Gasteiger partial charge in [-0.1, -0.05) is 6.92 Å². The summed E-state index contributed by atoms with van der Waals surface area (Å²) in [5.74, 6) is -1.22. The molecule has 0 fully saturated rings. The maximum absolute atomic E-state index is 13.3. The van der Waals surface area contributed by atoms with Gasteiger partial charge in [0.15, 0.2) is 12.4 Å². The quantitative estimate of drug-likeness (QED) is 0.438. The molecular formula is C17H19FN2O4. The fourth-order valence-electron chi connectivity index (χ4n) is 2.63. The number of ketones is 1. The van der Waals surface area contributed by atoms with Gasteiger partial charge >= 0.3 is 5.69 Å². The van der Waals surface area contributed by atoms with Crippen LogP contribution in [0.15, 0.2) is 24.3 Å². The summed E-state index contributed by atoms with van der Waals surface area (Å²) in [7, 11) is 0. The number of benzene rings is 1. The van der Waals surface area contributed by atoms with Crippen molar-refractivity contribution in [3.63, 3.8) is 0 Å². The number of Topliss-reactive ketones (excluding diaryl/α,β-unsaturated/α-hetero) is 1. The number of aromatic nitrogens is 1. The summed E-state index contributed by atoms with van der Waals surface area (Å²) in [6, 6.07) is 4.68. The third-order valence-electron chi connectivity index (χ3n) is 3.80. The molecule has 0 atom stereocenters. The van der Waals surface area contributed by atoms with Gasteiger partial charge in [0.2, 0.25) is 5.78 Å². The van der Waals surface area contributed by atoms with E-state index in [0.717, 1.165) is 42.6 Å². The number of nitrogens with zero attached hydrogens (tertiary/aromatic N) is 2. The summed E-state index contributed by atoms with van der Waals surface area (Å²) in [5, 5.41) is 10.9. The highest BCUT2D eigenvalue weighted by molar-refractivity contribution is 5.98. The highest BCUT2D eigenvalue weighted by Crippen LogP contribution is 2.27. The number of carbonyl (C=O) groups is 1. The highest BCUT2D eigenvalue weighted by atomic mass is 19.1. The molecule has 24 heavy (non-hydrogen) atoms. The summed E-state index contributed by atoms with van der Waals surface area (Å²) in [4.78, 5) is 22.6. The van der Waals surface area contributed by atoms with Crippen LogP contribution in [0.2, 0.25) is 0 Å². The first-order chi connectivity index (χ1) is 11.3. The molecule has 1 aromatic carbocycles. The van der Waals surface area contributed by atoms with Gasteiger partial charge in [0.05, 0.1) is 4.92 Å². The fraction of sp³-hybridized carbons (Fsp3) is 0.353. The Morgan fingerprint density at radius 1 is 1.33 bits per heavy atom. The lowest BCUT2D eigenvalue weighted by molar-refractivity contribution is -0.385. The van der Waals surface area contributed by atoms with Gasteiger partial charge in [-0.05, 0) is 32.4 Å². The van der Waals surface area contributed by atoms with Gasteiger partial charge in [-0.3, -0.25) is 14.9 Å². The number of aryl methyl sites for hydroxylation is 1. The van der Waals surface area contributed by atoms with Crippen LogP contribution < -0.4 is 4.74 Å². The highest BCUT2D eigenvalue weighted by Gasteiger charge is 2.20. The second kappa shape index (κ2) is 7.25. The SMILES string of the molecule is CCCn1c(C)cc(C(=O)COc2cc(F)ccc2[N+](=O)[O-])c1C. The summed E-state index contributed by atoms with van der Waals surface area (Å²) in [6.07, 6.45) is 0.940. The van der Waals surface area contributed by atoms with Crippen molar-refractivity contribution in [1.82, 2.24) is 4.57 Å². The van der Waals surface area contributed by atoms with E-state index in [4.69, 9.17) is 4.74 Å². The van der Waals surface area contributed by atoms with E-state index < -0.39 is 10.7 Å². The normalized spacial score (nSPS) is 10.7. The fourth-order valence-corrected chi connectivity index (χ4v) is 2.63. The molecule has 0 spiro atoms. The molecule has 7 heteroatoms. The van der Waals surface area contributed by atoms with E-state index in [1.807, 2.05) is 25.3 Å². The maximum atomic E-state index is 13.3. The Hall–Kier alpha value is -2.70. The maximum Gasteiger partial charge on any atom is 0.311 e. The Kier molecular flexibility index (Phi) is 5.33. The second-order valence-electron chi connectivity index (χ2n) is 5.52. The number of halogens is 1. The standard InChI is InChI=1S/C17H19FN2O4/c1-4-7-19-11(2)8-14(12(19)3)16(21)10-24-17-9-13(18)5-6-15(17)20(22)23/h5-6,8-9H,4,7,10H2,1-3H3. The van der Waals surface area contributed by atoms with Crippen LogP contribution in [0.1, 0.15) is 35.1 Å². The van der Waals surface area contributed by atoms with Crippen LogP contribution in [0, 0.1) is 29.8 Å². The molecule has 0 saturated heterocycles. The van der Waals surface area contributed by atoms with Crippen molar-refractivity contribution < 1.29 is 18.8 Å². The zero-order valence-corrected chi connectivity index (χ0v) is 13.8. The minimum Gasteiger partial charge on any atom is -0.478 e. The predicted molar refractivity (Wildman–Crippen MR) is 87.1 cm³/mol. The van der Waals surface area contributed by atoms with E-state index in [0.29, 0.717) is 5.56 Å². The monoisotopic (exact) mass is 334 g/mol. The van der Waals surface area contributed by atoms with E-state index in [1.54, 1.807) is 6.07 Å². The number of carbonyl (C=O) groups excluding carboxylic acids is 1. The minimum absolute atomic E-state index is 0.254. The molecule has 128 valence electrons. The van der Waals surface area contributed by atoms with Gasteiger partial charge < -0.3 is 9.30 Å². The van der Waals surface area contributed by atoms with Crippen LogP contribution in [0.4, 0.5) is 10.1 Å². The molecule has 0 aliphatic heterocycles. The van der Waals surface area contributed by atoms with E-state index >= 15 is 0 Å². The minimum atomic E-state index is -0.674. The smallest absolute Gasteiger partial charge is 0.311 e. The third kappa shape index (κ3) is 3.61. The van der Waals surface area contributed by atoms with E-state index in [2.05, 4.69) is 0 Å². The van der Waals surface area contributed by atoms with Crippen molar-refractivity contribution in [2.45, 2.75) is 33.7 Å². The zero-order valence-electron chi connectivity index (χ0n) is 13.8. The number of hydrogen-bond acceptors (Lipinski definition) is 4. The Labute approximate surface area is 139 Å². The number of nitro groups is 1. The zero-order chi connectivity index (χ0) is 17.9. The van der Waals surface area contributed by atoms with E-state index in [1.165, 1.54) is 0 Å². The largest absolute Gasteiger partial charge is 0.478 e. The second-order valence-corrected chi connectivity index (χ2v) is 5.52. The van der Waals surface area contributed by atoms with Crippen molar-refractivity contribution in [3.8, 4) is 5.75 Å². The molecule has 2 rings (SSSR count). The molecule has 0 aliphatic rings. The van der Waals surface area contributed by atoms with E-state index in [-0.39, 0.29) is 23.8 Å². The van der Waals surface area contributed by atoms with Gasteiger partial charge in [-0.15, -0.1) is 0 Å². The molecule has 0 N–H and O–H groups in total. The molecule has 6 nitrogen and oxygen atoms in total. The first-order valence-corrected chi connectivity index (χ1v) is 7.61. The topological polar surface area (TPSA) is 74.4 Å². The summed E-state index contributed by atoms with van der Waals surface area (Å²) in [6.45, 7) is 6.23. The molecule has 0 unspecified atom stereocenters. The van der Waals surface area contributed by atoms with Crippen LogP contribution in [0.5, 0.6) is 5.75 Å². The lowest BCUT2D eigenvalue weighted by Gasteiger charge is -2.08. The van der Waals surface area contributed by atoms with Crippen molar-refractivity contribution in [3.05, 3.63) is 57.1 Å². The molecular weight excluding hydrogens is 315 g/mol. The van der Waals surface area contributed by atoms with E-state index in [9.17, 15) is 19.3 Å². The first-order valence-electron chi connectivity index (χ1n) is 7.61. The number of ether oxygens (including phenoxy) is 1. The molecule has 0 saturated carbocycles. The first kappa shape index (κ1) is 17.7. The van der Waals surface area contributed by atoms with Crippen LogP contribution in [-0.4, -0.2) is 21.9 Å². The Morgan fingerprint density at radius 3 is 2.67 bits per heavy atom. The molecule has 0 radical (unpaired) electrons. The Balaban J connectivity index is 2.19. The van der Waals surface area contributed by atoms with Crippen LogP contribution in [0.3, 0.4) is 0 Å². The van der Waals surface area contributed by atoms with Crippen LogP contribution in [-0.2, 0) is 6.54 Å². The Bertz CT molecular complexity index is 783.